The van der Waals surface area contributed by atoms with Gasteiger partial charge in [0.2, 0.25) is 5.91 Å². The number of benzene rings is 1. The van der Waals surface area contributed by atoms with Crippen molar-refractivity contribution in [1.82, 2.24) is 15.5 Å². The number of thiophene rings is 1. The molecule has 1 aromatic heterocycles. The van der Waals surface area contributed by atoms with Crippen molar-refractivity contribution in [2.24, 2.45) is 0 Å². The summed E-state index contributed by atoms with van der Waals surface area (Å²) in [4.78, 5) is 17.3. The standard InChI is InChI=1S/C20H27N3O2S/c1-3-15-8-9-16(26-15)12-22-20(24)14-23-11-10-21-13-18(23)17-6-4-5-7-19(17)25-2/h4-9,18,21H,3,10-14H2,1-2H3,(H,22,24). The SMILES string of the molecule is CCc1ccc(CNC(=O)CN2CCNCC2c2ccccc2OC)s1. The monoisotopic (exact) mass is 373 g/mol. The number of nitrogens with zero attached hydrogens (tertiary/aromatic N) is 1. The molecule has 1 unspecified atom stereocenters. The molecule has 1 amide bonds. The predicted octanol–water partition coefficient (Wildman–Crippen LogP) is 2.58. The summed E-state index contributed by atoms with van der Waals surface area (Å²) >= 11 is 1.77. The smallest absolute Gasteiger partial charge is 0.234 e. The second-order valence-electron chi connectivity index (χ2n) is 6.43. The van der Waals surface area contributed by atoms with E-state index >= 15 is 0 Å². The van der Waals surface area contributed by atoms with Crippen LogP contribution in [0.2, 0.25) is 0 Å². The highest BCUT2D eigenvalue weighted by Gasteiger charge is 2.27. The molecule has 5 nitrogen and oxygen atoms in total. The van der Waals surface area contributed by atoms with E-state index in [0.717, 1.165) is 37.4 Å². The van der Waals surface area contributed by atoms with Gasteiger partial charge in [-0.05, 0) is 24.6 Å². The van der Waals surface area contributed by atoms with E-state index in [2.05, 4.69) is 40.7 Å². The topological polar surface area (TPSA) is 53.6 Å². The molecule has 1 aliphatic rings. The molecular weight excluding hydrogens is 346 g/mol. The Labute approximate surface area is 159 Å². The number of rotatable bonds is 7. The van der Waals surface area contributed by atoms with Gasteiger partial charge in [-0.25, -0.2) is 0 Å². The van der Waals surface area contributed by atoms with Crippen LogP contribution in [0.1, 0.15) is 28.3 Å². The molecule has 2 aromatic rings. The van der Waals surface area contributed by atoms with Crippen LogP contribution in [0.15, 0.2) is 36.4 Å². The summed E-state index contributed by atoms with van der Waals surface area (Å²) in [5.41, 5.74) is 1.13. The third-order valence-corrected chi connectivity index (χ3v) is 5.95. The van der Waals surface area contributed by atoms with Crippen LogP contribution in [0, 0.1) is 0 Å². The minimum absolute atomic E-state index is 0.0678. The first kappa shape index (κ1) is 18.9. The number of para-hydroxylation sites is 1. The van der Waals surface area contributed by atoms with Gasteiger partial charge in [0.1, 0.15) is 5.75 Å². The minimum Gasteiger partial charge on any atom is -0.496 e. The van der Waals surface area contributed by atoms with Gasteiger partial charge in [-0.1, -0.05) is 25.1 Å². The number of piperazine rings is 1. The number of hydrogen-bond acceptors (Lipinski definition) is 5. The fourth-order valence-corrected chi connectivity index (χ4v) is 4.22. The van der Waals surface area contributed by atoms with Crippen molar-refractivity contribution >= 4 is 17.2 Å². The number of carbonyl (C=O) groups excluding carboxylic acids is 1. The van der Waals surface area contributed by atoms with E-state index in [9.17, 15) is 4.79 Å². The largest absolute Gasteiger partial charge is 0.496 e. The minimum atomic E-state index is 0.0678. The van der Waals surface area contributed by atoms with Crippen LogP contribution in [0.5, 0.6) is 5.75 Å². The normalized spacial score (nSPS) is 17.8. The summed E-state index contributed by atoms with van der Waals surface area (Å²) in [5, 5.41) is 6.49. The van der Waals surface area contributed by atoms with Crippen LogP contribution >= 0.6 is 11.3 Å². The molecule has 1 atom stereocenters. The van der Waals surface area contributed by atoms with Crippen molar-refractivity contribution in [3.05, 3.63) is 51.7 Å². The van der Waals surface area contributed by atoms with Crippen molar-refractivity contribution < 1.29 is 9.53 Å². The summed E-state index contributed by atoms with van der Waals surface area (Å²) in [6.07, 6.45) is 1.04. The third kappa shape index (κ3) is 4.63. The molecule has 1 fully saturated rings. The summed E-state index contributed by atoms with van der Waals surface area (Å²) in [6, 6.07) is 12.4. The van der Waals surface area contributed by atoms with Gasteiger partial charge >= 0.3 is 0 Å². The van der Waals surface area contributed by atoms with E-state index in [1.807, 2.05) is 18.2 Å². The van der Waals surface area contributed by atoms with Crippen LogP contribution in [0.3, 0.4) is 0 Å². The van der Waals surface area contributed by atoms with Crippen molar-refractivity contribution in [2.45, 2.75) is 25.9 Å². The highest BCUT2D eigenvalue weighted by molar-refractivity contribution is 7.11. The molecule has 26 heavy (non-hydrogen) atoms. The zero-order valence-electron chi connectivity index (χ0n) is 15.5. The van der Waals surface area contributed by atoms with Crippen molar-refractivity contribution in [1.29, 1.82) is 0 Å². The van der Waals surface area contributed by atoms with Crippen LogP contribution in [0.25, 0.3) is 0 Å². The number of nitrogens with one attached hydrogen (secondary N) is 2. The molecule has 0 aliphatic carbocycles. The van der Waals surface area contributed by atoms with Gasteiger partial charge in [-0.2, -0.15) is 0 Å². The van der Waals surface area contributed by atoms with Gasteiger partial charge in [0.15, 0.2) is 0 Å². The number of hydrogen-bond donors (Lipinski definition) is 2. The molecule has 0 spiro atoms. The molecule has 140 valence electrons. The van der Waals surface area contributed by atoms with Gasteiger partial charge < -0.3 is 15.4 Å². The Balaban J connectivity index is 1.61. The molecule has 1 saturated heterocycles. The maximum Gasteiger partial charge on any atom is 0.234 e. The second-order valence-corrected chi connectivity index (χ2v) is 7.68. The highest BCUT2D eigenvalue weighted by atomic mass is 32.1. The maximum absolute atomic E-state index is 12.5. The van der Waals surface area contributed by atoms with Crippen LogP contribution < -0.4 is 15.4 Å². The average molecular weight is 374 g/mol. The number of aryl methyl sites for hydroxylation is 1. The Morgan fingerprint density at radius 3 is 2.88 bits per heavy atom. The zero-order valence-corrected chi connectivity index (χ0v) is 16.3. The maximum atomic E-state index is 12.5. The van der Waals surface area contributed by atoms with Gasteiger partial charge in [-0.15, -0.1) is 11.3 Å². The zero-order chi connectivity index (χ0) is 18.4. The first-order valence-corrected chi connectivity index (χ1v) is 9.95. The van der Waals surface area contributed by atoms with Crippen LogP contribution in [-0.2, 0) is 17.8 Å². The molecule has 3 rings (SSSR count). The number of ether oxygens (including phenoxy) is 1. The first-order valence-electron chi connectivity index (χ1n) is 9.13. The van der Waals surface area contributed by atoms with E-state index < -0.39 is 0 Å². The van der Waals surface area contributed by atoms with E-state index in [-0.39, 0.29) is 11.9 Å². The highest BCUT2D eigenvalue weighted by Crippen LogP contribution is 2.29. The van der Waals surface area contributed by atoms with Gasteiger partial charge in [-0.3, -0.25) is 9.69 Å². The molecule has 1 aromatic carbocycles. The molecule has 0 saturated carbocycles. The van der Waals surface area contributed by atoms with E-state index in [1.54, 1.807) is 18.4 Å². The van der Waals surface area contributed by atoms with E-state index in [4.69, 9.17) is 4.74 Å². The number of carbonyl (C=O) groups is 1. The van der Waals surface area contributed by atoms with Crippen molar-refractivity contribution in [3.8, 4) is 5.75 Å². The van der Waals surface area contributed by atoms with Crippen molar-refractivity contribution in [3.63, 3.8) is 0 Å². The number of amides is 1. The fraction of sp³-hybridized carbons (Fsp3) is 0.450. The predicted molar refractivity (Wildman–Crippen MR) is 106 cm³/mol. The summed E-state index contributed by atoms with van der Waals surface area (Å²) in [5.74, 6) is 0.940. The lowest BCUT2D eigenvalue weighted by Crippen LogP contribution is -2.49. The van der Waals surface area contributed by atoms with Crippen LogP contribution in [-0.4, -0.2) is 44.1 Å². The summed E-state index contributed by atoms with van der Waals surface area (Å²) in [7, 11) is 1.69. The Morgan fingerprint density at radius 2 is 2.12 bits per heavy atom. The molecule has 0 bridgehead atoms. The quantitative estimate of drug-likeness (QED) is 0.783. The third-order valence-electron chi connectivity index (χ3n) is 4.72. The average Bonchev–Trinajstić information content (AvgIpc) is 3.15. The second kappa shape index (κ2) is 9.16. The van der Waals surface area contributed by atoms with Crippen LogP contribution in [0.4, 0.5) is 0 Å². The summed E-state index contributed by atoms with van der Waals surface area (Å²) in [6.45, 7) is 5.71. The lowest BCUT2D eigenvalue weighted by atomic mass is 10.0. The molecule has 2 heterocycles. The lowest BCUT2D eigenvalue weighted by Gasteiger charge is -2.36. The first-order chi connectivity index (χ1) is 12.7. The fourth-order valence-electron chi connectivity index (χ4n) is 3.32. The molecular formula is C20H27N3O2S. The summed E-state index contributed by atoms with van der Waals surface area (Å²) < 4.78 is 5.52. The van der Waals surface area contributed by atoms with E-state index in [0.29, 0.717) is 13.1 Å². The Kier molecular flexibility index (Phi) is 6.66. The Morgan fingerprint density at radius 1 is 1.31 bits per heavy atom. The lowest BCUT2D eigenvalue weighted by molar-refractivity contribution is -0.123. The molecule has 1 aliphatic heterocycles. The Bertz CT molecular complexity index is 731. The molecule has 2 N–H and O–H groups in total. The van der Waals surface area contributed by atoms with Crippen molar-refractivity contribution in [2.75, 3.05) is 33.3 Å². The number of methoxy groups -OCH3 is 1. The van der Waals surface area contributed by atoms with E-state index in [1.165, 1.54) is 9.75 Å². The molecule has 0 radical (unpaired) electrons. The van der Waals surface area contributed by atoms with Gasteiger partial charge in [0, 0.05) is 35.0 Å². The molecule has 6 heteroatoms. The van der Waals surface area contributed by atoms with Gasteiger partial charge in [0.25, 0.3) is 0 Å². The van der Waals surface area contributed by atoms with Gasteiger partial charge in [0.05, 0.1) is 26.2 Å². The Hall–Kier alpha value is -1.89.